The Morgan fingerprint density at radius 1 is 1.38 bits per heavy atom. The zero-order valence-electron chi connectivity index (χ0n) is 8.04. The molecule has 2 rings (SSSR count). The van der Waals surface area contributed by atoms with Gasteiger partial charge < -0.3 is 4.98 Å². The molecule has 1 aromatic carbocycles. The van der Waals surface area contributed by atoms with E-state index in [1.807, 2.05) is 0 Å². The number of aromatic amines is 1. The van der Waals surface area contributed by atoms with Crippen LogP contribution in [0.4, 0.5) is 5.69 Å². The van der Waals surface area contributed by atoms with E-state index in [9.17, 15) is 9.59 Å². The first kappa shape index (κ1) is 9.95. The summed E-state index contributed by atoms with van der Waals surface area (Å²) in [6.45, 7) is 0. The normalized spacial score (nSPS) is 9.75. The van der Waals surface area contributed by atoms with E-state index in [1.54, 1.807) is 24.3 Å². The number of azide groups is 1. The van der Waals surface area contributed by atoms with Crippen LogP contribution in [0.5, 0.6) is 0 Å². The largest absolute Gasteiger partial charge is 0.321 e. The summed E-state index contributed by atoms with van der Waals surface area (Å²) in [5.41, 5.74) is 8.30. The second-order valence-corrected chi connectivity index (χ2v) is 3.07. The lowest BCUT2D eigenvalue weighted by molar-refractivity contribution is 0.112. The molecule has 0 saturated carbocycles. The Morgan fingerprint density at radius 3 is 2.81 bits per heavy atom. The van der Waals surface area contributed by atoms with Crippen LogP contribution in [0, 0.1) is 0 Å². The van der Waals surface area contributed by atoms with Crippen molar-refractivity contribution in [3.05, 3.63) is 50.6 Å². The van der Waals surface area contributed by atoms with Gasteiger partial charge in [0.1, 0.15) is 0 Å². The Hall–Kier alpha value is -2.59. The molecular weight excluding hydrogens is 208 g/mol. The molecule has 2 aromatic rings. The van der Waals surface area contributed by atoms with Crippen molar-refractivity contribution < 1.29 is 4.79 Å². The van der Waals surface area contributed by atoms with Crippen LogP contribution in [0.15, 0.2) is 34.2 Å². The Morgan fingerprint density at radius 2 is 2.12 bits per heavy atom. The van der Waals surface area contributed by atoms with Crippen LogP contribution in [0.2, 0.25) is 0 Å². The zero-order valence-corrected chi connectivity index (χ0v) is 8.04. The monoisotopic (exact) mass is 214 g/mol. The Bertz CT molecular complexity index is 668. The summed E-state index contributed by atoms with van der Waals surface area (Å²) >= 11 is 0. The summed E-state index contributed by atoms with van der Waals surface area (Å²) in [6.07, 6.45) is 0.384. The Kier molecular flexibility index (Phi) is 2.41. The number of aromatic nitrogens is 1. The molecule has 0 amide bonds. The standard InChI is InChI=1S/C10H6N4O2/c11-14-13-9-6-3-1-2-4-8(6)12-10(16)7(9)5-15/h1-5H,(H,12,16). The van der Waals surface area contributed by atoms with Gasteiger partial charge in [0.15, 0.2) is 6.29 Å². The van der Waals surface area contributed by atoms with Crippen molar-refractivity contribution in [3.63, 3.8) is 0 Å². The van der Waals surface area contributed by atoms with E-state index in [0.29, 0.717) is 17.2 Å². The summed E-state index contributed by atoms with van der Waals surface area (Å²) < 4.78 is 0. The number of pyridine rings is 1. The van der Waals surface area contributed by atoms with Crippen molar-refractivity contribution >= 4 is 22.9 Å². The SMILES string of the molecule is [N-]=[N+]=Nc1c(C=O)c(=O)[nH]c2ccccc12. The second-order valence-electron chi connectivity index (χ2n) is 3.07. The minimum absolute atomic E-state index is 0.0665. The van der Waals surface area contributed by atoms with Crippen molar-refractivity contribution in [2.24, 2.45) is 5.11 Å². The topological polar surface area (TPSA) is 98.7 Å². The molecule has 1 aromatic heterocycles. The van der Waals surface area contributed by atoms with Gasteiger partial charge in [0, 0.05) is 15.8 Å². The van der Waals surface area contributed by atoms with E-state index < -0.39 is 5.56 Å². The van der Waals surface area contributed by atoms with E-state index in [0.717, 1.165) is 0 Å². The molecule has 0 atom stereocenters. The van der Waals surface area contributed by atoms with Gasteiger partial charge in [-0.2, -0.15) is 0 Å². The van der Waals surface area contributed by atoms with Crippen molar-refractivity contribution in [3.8, 4) is 0 Å². The average Bonchev–Trinajstić information content (AvgIpc) is 2.29. The maximum absolute atomic E-state index is 11.5. The number of H-pyrrole nitrogens is 1. The molecule has 0 aliphatic rings. The minimum Gasteiger partial charge on any atom is -0.321 e. The number of rotatable bonds is 2. The number of carbonyl (C=O) groups excluding carboxylic acids is 1. The van der Waals surface area contributed by atoms with Crippen LogP contribution in [-0.4, -0.2) is 11.3 Å². The molecule has 0 spiro atoms. The van der Waals surface area contributed by atoms with Gasteiger partial charge in [0.2, 0.25) is 0 Å². The molecule has 6 nitrogen and oxygen atoms in total. The molecule has 16 heavy (non-hydrogen) atoms. The van der Waals surface area contributed by atoms with Crippen LogP contribution in [0.3, 0.4) is 0 Å². The highest BCUT2D eigenvalue weighted by Gasteiger charge is 2.09. The molecule has 0 aliphatic heterocycles. The zero-order chi connectivity index (χ0) is 11.5. The first-order valence-corrected chi connectivity index (χ1v) is 4.43. The Labute approximate surface area is 89.2 Å². The van der Waals surface area contributed by atoms with Crippen LogP contribution >= 0.6 is 0 Å². The number of carbonyl (C=O) groups is 1. The minimum atomic E-state index is -0.559. The highest BCUT2D eigenvalue weighted by atomic mass is 16.1. The molecule has 0 radical (unpaired) electrons. The van der Waals surface area contributed by atoms with Gasteiger partial charge >= 0.3 is 0 Å². The number of aldehydes is 1. The van der Waals surface area contributed by atoms with Crippen LogP contribution in [-0.2, 0) is 0 Å². The number of para-hydroxylation sites is 1. The lowest BCUT2D eigenvalue weighted by Crippen LogP contribution is -2.11. The van der Waals surface area contributed by atoms with Crippen molar-refractivity contribution in [1.29, 1.82) is 0 Å². The van der Waals surface area contributed by atoms with Crippen LogP contribution in [0.25, 0.3) is 21.3 Å². The molecule has 78 valence electrons. The van der Waals surface area contributed by atoms with Gasteiger partial charge in [-0.05, 0) is 11.6 Å². The summed E-state index contributed by atoms with van der Waals surface area (Å²) in [7, 11) is 0. The van der Waals surface area contributed by atoms with E-state index in [2.05, 4.69) is 15.0 Å². The molecule has 0 fully saturated rings. The van der Waals surface area contributed by atoms with E-state index in [4.69, 9.17) is 5.53 Å². The molecule has 1 heterocycles. The van der Waals surface area contributed by atoms with E-state index >= 15 is 0 Å². The van der Waals surface area contributed by atoms with Gasteiger partial charge in [0.05, 0.1) is 11.3 Å². The third kappa shape index (κ3) is 1.43. The molecule has 0 aliphatic carbocycles. The first-order valence-electron chi connectivity index (χ1n) is 4.43. The number of benzene rings is 1. The fraction of sp³-hybridized carbons (Fsp3) is 0. The lowest BCUT2D eigenvalue weighted by atomic mass is 10.1. The fourth-order valence-electron chi connectivity index (χ4n) is 1.50. The van der Waals surface area contributed by atoms with Crippen molar-refractivity contribution in [1.82, 2.24) is 4.98 Å². The van der Waals surface area contributed by atoms with Crippen LogP contribution in [0.1, 0.15) is 10.4 Å². The quantitative estimate of drug-likeness (QED) is 0.359. The number of hydrogen-bond donors (Lipinski definition) is 1. The molecular formula is C10H6N4O2. The maximum Gasteiger partial charge on any atom is 0.259 e. The third-order valence-electron chi connectivity index (χ3n) is 2.19. The molecule has 0 saturated heterocycles. The third-order valence-corrected chi connectivity index (χ3v) is 2.19. The molecule has 6 heteroatoms. The van der Waals surface area contributed by atoms with Crippen LogP contribution < -0.4 is 5.56 Å². The van der Waals surface area contributed by atoms with Gasteiger partial charge in [-0.3, -0.25) is 9.59 Å². The van der Waals surface area contributed by atoms with Crippen molar-refractivity contribution in [2.45, 2.75) is 0 Å². The molecule has 1 N–H and O–H groups in total. The average molecular weight is 214 g/mol. The number of hydrogen-bond acceptors (Lipinski definition) is 3. The first-order chi connectivity index (χ1) is 7.77. The summed E-state index contributed by atoms with van der Waals surface area (Å²) in [6, 6.07) is 6.80. The van der Waals surface area contributed by atoms with Gasteiger partial charge in [0.25, 0.3) is 5.56 Å². The predicted molar refractivity (Wildman–Crippen MR) is 58.8 cm³/mol. The molecule has 0 unspecified atom stereocenters. The summed E-state index contributed by atoms with van der Waals surface area (Å²) in [5, 5.41) is 3.94. The van der Waals surface area contributed by atoms with Gasteiger partial charge in [-0.15, -0.1) is 0 Å². The van der Waals surface area contributed by atoms with Gasteiger partial charge in [-0.1, -0.05) is 23.3 Å². The van der Waals surface area contributed by atoms with Crippen molar-refractivity contribution in [2.75, 3.05) is 0 Å². The predicted octanol–water partition coefficient (Wildman–Crippen LogP) is 2.28. The highest BCUT2D eigenvalue weighted by Crippen LogP contribution is 2.25. The summed E-state index contributed by atoms with van der Waals surface area (Å²) in [4.78, 5) is 27.4. The van der Waals surface area contributed by atoms with E-state index in [1.165, 1.54) is 0 Å². The summed E-state index contributed by atoms with van der Waals surface area (Å²) in [5.74, 6) is 0. The van der Waals surface area contributed by atoms with Gasteiger partial charge in [-0.25, -0.2) is 0 Å². The molecule has 0 bridgehead atoms. The number of nitrogens with zero attached hydrogens (tertiary/aromatic N) is 3. The smallest absolute Gasteiger partial charge is 0.259 e. The lowest BCUT2D eigenvalue weighted by Gasteiger charge is -2.02. The fourth-order valence-corrected chi connectivity index (χ4v) is 1.50. The second kappa shape index (κ2) is 3.88. The maximum atomic E-state index is 11.5. The highest BCUT2D eigenvalue weighted by molar-refractivity contribution is 5.98. The number of nitrogens with one attached hydrogen (secondary N) is 1. The van der Waals surface area contributed by atoms with E-state index in [-0.39, 0.29) is 11.3 Å². The Balaban J connectivity index is 3.04. The number of fused-ring (bicyclic) bond motifs is 1.